The molecule has 1 aliphatic rings. The summed E-state index contributed by atoms with van der Waals surface area (Å²) < 4.78 is 17.5. The molecule has 164 valence electrons. The second-order valence-corrected chi connectivity index (χ2v) is 7.57. The normalized spacial score (nSPS) is 16.1. The Bertz CT molecular complexity index is 1080. The van der Waals surface area contributed by atoms with Crippen molar-refractivity contribution in [3.05, 3.63) is 108 Å². The molecule has 5 heteroatoms. The van der Waals surface area contributed by atoms with Gasteiger partial charge in [-0.3, -0.25) is 4.98 Å². The minimum absolute atomic E-state index is 0.0430. The first-order valence-electron chi connectivity index (χ1n) is 10.7. The molecule has 4 rings (SSSR count). The van der Waals surface area contributed by atoms with Crippen LogP contribution in [0.25, 0.3) is 11.6 Å². The molecule has 0 amide bonds. The maximum Gasteiger partial charge on any atom is 0.130 e. The fourth-order valence-electron chi connectivity index (χ4n) is 3.70. The molecule has 32 heavy (non-hydrogen) atoms. The average molecular weight is 430 g/mol. The van der Waals surface area contributed by atoms with Crippen LogP contribution in [0.3, 0.4) is 0 Å². The highest BCUT2D eigenvalue weighted by Crippen LogP contribution is 2.30. The van der Waals surface area contributed by atoms with E-state index in [1.54, 1.807) is 12.3 Å². The second-order valence-electron chi connectivity index (χ2n) is 7.57. The van der Waals surface area contributed by atoms with E-state index in [4.69, 9.17) is 13.9 Å². The predicted molar refractivity (Wildman–Crippen MR) is 125 cm³/mol. The van der Waals surface area contributed by atoms with Gasteiger partial charge in [0.1, 0.15) is 30.5 Å². The Morgan fingerprint density at radius 1 is 1.12 bits per heavy atom. The monoisotopic (exact) mass is 429 g/mol. The van der Waals surface area contributed by atoms with Crippen molar-refractivity contribution in [1.29, 1.82) is 0 Å². The van der Waals surface area contributed by atoms with E-state index in [9.17, 15) is 5.11 Å². The Morgan fingerprint density at radius 3 is 2.72 bits per heavy atom. The second kappa shape index (κ2) is 10.8. The molecular formula is C27H27NO4. The number of hydrogen-bond acceptors (Lipinski definition) is 5. The topological polar surface area (TPSA) is 64.7 Å². The summed E-state index contributed by atoms with van der Waals surface area (Å²) in [6, 6.07) is 19.2. The molecule has 0 saturated heterocycles. The van der Waals surface area contributed by atoms with E-state index in [1.807, 2.05) is 60.7 Å². The van der Waals surface area contributed by atoms with Gasteiger partial charge in [0.2, 0.25) is 0 Å². The summed E-state index contributed by atoms with van der Waals surface area (Å²) in [7, 11) is 0. The number of allylic oxidation sites excluding steroid dienone is 1. The number of pyridine rings is 1. The highest BCUT2D eigenvalue weighted by atomic mass is 16.5. The molecule has 0 aliphatic carbocycles. The smallest absolute Gasteiger partial charge is 0.130 e. The van der Waals surface area contributed by atoms with Gasteiger partial charge in [-0.05, 0) is 72.0 Å². The van der Waals surface area contributed by atoms with E-state index >= 15 is 0 Å². The lowest BCUT2D eigenvalue weighted by atomic mass is 9.96. The van der Waals surface area contributed by atoms with Crippen LogP contribution in [0.4, 0.5) is 0 Å². The van der Waals surface area contributed by atoms with E-state index < -0.39 is 0 Å². The van der Waals surface area contributed by atoms with Crippen LogP contribution in [0.2, 0.25) is 0 Å². The molecular weight excluding hydrogens is 402 g/mol. The third-order valence-electron chi connectivity index (χ3n) is 5.34. The van der Waals surface area contributed by atoms with Crippen LogP contribution in [-0.2, 0) is 11.3 Å². The van der Waals surface area contributed by atoms with Crippen LogP contribution in [0.15, 0.2) is 95.1 Å². The van der Waals surface area contributed by atoms with Crippen LogP contribution < -0.4 is 4.74 Å². The van der Waals surface area contributed by atoms with Gasteiger partial charge in [0, 0.05) is 6.20 Å². The van der Waals surface area contributed by atoms with Crippen LogP contribution in [-0.4, -0.2) is 29.4 Å². The zero-order valence-electron chi connectivity index (χ0n) is 17.9. The number of aromatic nitrogens is 1. The fourth-order valence-corrected chi connectivity index (χ4v) is 3.70. The van der Waals surface area contributed by atoms with Crippen molar-refractivity contribution in [2.24, 2.45) is 0 Å². The zero-order valence-corrected chi connectivity index (χ0v) is 17.9. The average Bonchev–Trinajstić information content (AvgIpc) is 3.51. The van der Waals surface area contributed by atoms with Gasteiger partial charge in [-0.25, -0.2) is 0 Å². The lowest BCUT2D eigenvalue weighted by molar-refractivity contribution is 0.117. The molecule has 1 unspecified atom stereocenters. The highest BCUT2D eigenvalue weighted by molar-refractivity contribution is 5.78. The molecule has 0 radical (unpaired) electrons. The highest BCUT2D eigenvalue weighted by Gasteiger charge is 2.23. The summed E-state index contributed by atoms with van der Waals surface area (Å²) in [6.07, 6.45) is 7.34. The van der Waals surface area contributed by atoms with Gasteiger partial charge in [-0.2, -0.15) is 0 Å². The zero-order chi connectivity index (χ0) is 22.2. The number of para-hydroxylation sites is 1. The summed E-state index contributed by atoms with van der Waals surface area (Å²) in [5.41, 5.74) is 3.97. The first-order chi connectivity index (χ1) is 15.7. The number of nitrogens with zero attached hydrogens (tertiary/aromatic N) is 1. The van der Waals surface area contributed by atoms with E-state index in [0.29, 0.717) is 24.7 Å². The SMILES string of the molecule is C=C(COc1ccccc1)C1=CCOC1CC/C(=C/c1ccc(CO)o1)c1ccccn1. The molecule has 1 aromatic carbocycles. The molecule has 1 N–H and O–H groups in total. The molecule has 0 saturated carbocycles. The van der Waals surface area contributed by atoms with E-state index in [-0.39, 0.29) is 12.7 Å². The van der Waals surface area contributed by atoms with Crippen LogP contribution in [0.5, 0.6) is 5.75 Å². The van der Waals surface area contributed by atoms with Crippen LogP contribution in [0, 0.1) is 0 Å². The van der Waals surface area contributed by atoms with Crippen molar-refractivity contribution in [2.45, 2.75) is 25.6 Å². The molecule has 3 heterocycles. The molecule has 2 aromatic heterocycles. The van der Waals surface area contributed by atoms with Crippen LogP contribution >= 0.6 is 0 Å². The van der Waals surface area contributed by atoms with Crippen molar-refractivity contribution in [3.8, 4) is 5.75 Å². The van der Waals surface area contributed by atoms with Gasteiger partial charge in [-0.1, -0.05) is 36.9 Å². The van der Waals surface area contributed by atoms with Gasteiger partial charge >= 0.3 is 0 Å². The van der Waals surface area contributed by atoms with Gasteiger partial charge in [0.15, 0.2) is 0 Å². The van der Waals surface area contributed by atoms with E-state index in [1.165, 1.54) is 0 Å². The molecule has 0 spiro atoms. The first-order valence-corrected chi connectivity index (χ1v) is 10.7. The lowest BCUT2D eigenvalue weighted by Crippen LogP contribution is -2.14. The summed E-state index contributed by atoms with van der Waals surface area (Å²) in [6.45, 7) is 5.11. The standard InChI is InChI=1S/C27H27NO4/c1-20(19-31-22-7-3-2-4-8-22)25-14-16-30-27(25)13-10-21(26-9-5-6-15-28-26)17-23-11-12-24(18-29)32-23/h2-9,11-12,14-15,17,27,29H,1,10,13,16,18-19H2/b21-17-. The maximum absolute atomic E-state index is 9.28. The summed E-state index contributed by atoms with van der Waals surface area (Å²) in [5.74, 6) is 2.06. The van der Waals surface area contributed by atoms with Crippen LogP contribution in [0.1, 0.15) is 30.1 Å². The Balaban J connectivity index is 1.43. The molecule has 1 aliphatic heterocycles. The number of furan rings is 1. The van der Waals surface area contributed by atoms with E-state index in [0.717, 1.165) is 41.0 Å². The Morgan fingerprint density at radius 2 is 1.97 bits per heavy atom. The third kappa shape index (κ3) is 5.63. The number of aliphatic hydroxyl groups is 1. The molecule has 0 fully saturated rings. The molecule has 3 aromatic rings. The molecule has 5 nitrogen and oxygen atoms in total. The minimum Gasteiger partial charge on any atom is -0.489 e. The van der Waals surface area contributed by atoms with Crippen molar-refractivity contribution in [1.82, 2.24) is 4.98 Å². The van der Waals surface area contributed by atoms with Crippen molar-refractivity contribution in [3.63, 3.8) is 0 Å². The van der Waals surface area contributed by atoms with E-state index in [2.05, 4.69) is 17.6 Å². The fraction of sp³-hybridized carbons (Fsp3) is 0.222. The van der Waals surface area contributed by atoms with Gasteiger partial charge < -0.3 is 19.0 Å². The number of aliphatic hydroxyl groups excluding tert-OH is 1. The van der Waals surface area contributed by atoms with Gasteiger partial charge in [0.05, 0.1) is 18.4 Å². The predicted octanol–water partition coefficient (Wildman–Crippen LogP) is 5.45. The largest absolute Gasteiger partial charge is 0.489 e. The van der Waals surface area contributed by atoms with Crippen molar-refractivity contribution < 1.29 is 19.0 Å². The number of benzene rings is 1. The number of rotatable bonds is 10. The Kier molecular flexibility index (Phi) is 7.33. The lowest BCUT2D eigenvalue weighted by Gasteiger charge is -2.18. The minimum atomic E-state index is -0.121. The molecule has 1 atom stereocenters. The quantitative estimate of drug-likeness (QED) is 0.464. The van der Waals surface area contributed by atoms with Gasteiger partial charge in [0.25, 0.3) is 0 Å². The number of hydrogen-bond donors (Lipinski definition) is 1. The Hall–Kier alpha value is -3.41. The number of ether oxygens (including phenoxy) is 2. The third-order valence-corrected chi connectivity index (χ3v) is 5.34. The van der Waals surface area contributed by atoms with Gasteiger partial charge in [-0.15, -0.1) is 0 Å². The first kappa shape index (κ1) is 21.8. The summed E-state index contributed by atoms with van der Waals surface area (Å²) in [4.78, 5) is 4.51. The summed E-state index contributed by atoms with van der Waals surface area (Å²) in [5, 5.41) is 9.28. The summed E-state index contributed by atoms with van der Waals surface area (Å²) >= 11 is 0. The van der Waals surface area contributed by atoms with Crippen molar-refractivity contribution >= 4 is 11.6 Å². The molecule has 0 bridgehead atoms. The maximum atomic E-state index is 9.28. The Labute approximate surface area is 188 Å². The van der Waals surface area contributed by atoms with Crippen molar-refractivity contribution in [2.75, 3.05) is 13.2 Å².